The molecule has 9 nitrogen and oxygen atoms in total. The van der Waals surface area contributed by atoms with E-state index in [4.69, 9.17) is 4.98 Å². The Morgan fingerprint density at radius 3 is 2.55 bits per heavy atom. The van der Waals surface area contributed by atoms with Crippen LogP contribution in [0.5, 0.6) is 5.75 Å². The number of phenols is 1. The Kier molecular flexibility index (Phi) is 4.48. The molecule has 5 aromatic rings. The lowest BCUT2D eigenvalue weighted by molar-refractivity contribution is 0.203. The molecule has 1 aliphatic rings. The lowest BCUT2D eigenvalue weighted by atomic mass is 10.1. The van der Waals surface area contributed by atoms with Crippen LogP contribution in [0.15, 0.2) is 73.1 Å². The predicted octanol–water partition coefficient (Wildman–Crippen LogP) is 3.45. The van der Waals surface area contributed by atoms with Crippen LogP contribution < -0.4 is 10.2 Å². The highest BCUT2D eigenvalue weighted by atomic mass is 16.3. The highest BCUT2D eigenvalue weighted by molar-refractivity contribution is 5.67. The van der Waals surface area contributed by atoms with Crippen LogP contribution in [0, 0.1) is 0 Å². The quantitative estimate of drug-likeness (QED) is 0.310. The molecule has 0 amide bonds. The average molecular weight is 439 g/mol. The second-order valence-electron chi connectivity index (χ2n) is 8.05. The molecular formula is C24H21N7O2. The highest BCUT2D eigenvalue weighted by Gasteiger charge is 2.23. The minimum Gasteiger partial charge on any atom is -0.508 e. The maximum Gasteiger partial charge on any atom is 0.170 e. The van der Waals surface area contributed by atoms with Crippen molar-refractivity contribution < 1.29 is 10.2 Å². The van der Waals surface area contributed by atoms with Gasteiger partial charge in [-0.15, -0.1) is 0 Å². The number of H-pyrrole nitrogens is 1. The summed E-state index contributed by atoms with van der Waals surface area (Å²) in [7, 11) is 0. The first-order chi connectivity index (χ1) is 16.1. The highest BCUT2D eigenvalue weighted by Crippen LogP contribution is 2.31. The summed E-state index contributed by atoms with van der Waals surface area (Å²) in [6.07, 6.45) is 2.46. The lowest BCUT2D eigenvalue weighted by Gasteiger charge is -2.18. The van der Waals surface area contributed by atoms with Gasteiger partial charge in [0.15, 0.2) is 11.9 Å². The van der Waals surface area contributed by atoms with Gasteiger partial charge in [0.05, 0.1) is 11.9 Å². The minimum atomic E-state index is -1.08. The number of aromatic nitrogens is 5. The number of phenolic OH excluding ortho intramolecular Hbond substituents is 1. The SMILES string of the molecule is Oc1cccc(NC(O)c2cc3nc(N4Cc5ccccc5C4)cc(-c4cn[nH]c4)n3n2)c1. The maximum atomic E-state index is 10.8. The Bertz CT molecular complexity index is 1420. The normalized spacial score (nSPS) is 13.9. The van der Waals surface area contributed by atoms with Gasteiger partial charge >= 0.3 is 0 Å². The molecule has 0 saturated carbocycles. The molecule has 2 aromatic carbocycles. The number of hydrogen-bond donors (Lipinski definition) is 4. The van der Waals surface area contributed by atoms with Gasteiger partial charge in [-0.1, -0.05) is 30.3 Å². The number of anilines is 2. The number of hydrogen-bond acceptors (Lipinski definition) is 7. The Balaban J connectivity index is 1.39. The zero-order valence-electron chi connectivity index (χ0n) is 17.6. The Morgan fingerprint density at radius 1 is 1.00 bits per heavy atom. The summed E-state index contributed by atoms with van der Waals surface area (Å²) in [6, 6.07) is 18.7. The van der Waals surface area contributed by atoms with Crippen molar-refractivity contribution in [2.45, 2.75) is 19.3 Å². The van der Waals surface area contributed by atoms with Gasteiger partial charge < -0.3 is 20.4 Å². The van der Waals surface area contributed by atoms with Crippen LogP contribution in [0.3, 0.4) is 0 Å². The summed E-state index contributed by atoms with van der Waals surface area (Å²) >= 11 is 0. The van der Waals surface area contributed by atoms with Gasteiger partial charge in [0.1, 0.15) is 17.3 Å². The van der Waals surface area contributed by atoms with E-state index in [1.807, 2.05) is 6.07 Å². The van der Waals surface area contributed by atoms with Crippen LogP contribution in [-0.4, -0.2) is 35.0 Å². The number of aromatic amines is 1. The van der Waals surface area contributed by atoms with Crippen LogP contribution in [0.2, 0.25) is 0 Å². The lowest BCUT2D eigenvalue weighted by Crippen LogP contribution is -2.17. The van der Waals surface area contributed by atoms with Gasteiger partial charge in [-0.25, -0.2) is 9.50 Å². The van der Waals surface area contributed by atoms with Gasteiger partial charge in [0.25, 0.3) is 0 Å². The Labute approximate surface area is 189 Å². The number of nitrogens with one attached hydrogen (secondary N) is 2. The van der Waals surface area contributed by atoms with Gasteiger partial charge in [-0.05, 0) is 23.3 Å². The zero-order chi connectivity index (χ0) is 22.4. The summed E-state index contributed by atoms with van der Waals surface area (Å²) in [5, 5.41) is 35.0. The molecule has 0 fully saturated rings. The zero-order valence-corrected chi connectivity index (χ0v) is 17.6. The first kappa shape index (κ1) is 19.3. The van der Waals surface area contributed by atoms with E-state index in [1.165, 1.54) is 17.2 Å². The van der Waals surface area contributed by atoms with Crippen molar-refractivity contribution in [2.75, 3.05) is 10.2 Å². The third-order valence-corrected chi connectivity index (χ3v) is 5.82. The molecule has 164 valence electrons. The molecule has 0 bridgehead atoms. The Hall–Kier alpha value is -4.37. The minimum absolute atomic E-state index is 0.113. The summed E-state index contributed by atoms with van der Waals surface area (Å²) in [6.45, 7) is 1.57. The third kappa shape index (κ3) is 3.54. The molecule has 9 heteroatoms. The number of benzene rings is 2. The molecule has 33 heavy (non-hydrogen) atoms. The predicted molar refractivity (Wildman–Crippen MR) is 124 cm³/mol. The third-order valence-electron chi connectivity index (χ3n) is 5.82. The number of aromatic hydroxyl groups is 1. The molecule has 0 spiro atoms. The molecule has 1 atom stereocenters. The molecule has 6 rings (SSSR count). The molecule has 3 aromatic heterocycles. The summed E-state index contributed by atoms with van der Waals surface area (Å²) in [5.74, 6) is 0.944. The van der Waals surface area contributed by atoms with Crippen LogP contribution in [0.25, 0.3) is 16.9 Å². The monoisotopic (exact) mass is 439 g/mol. The fourth-order valence-corrected chi connectivity index (χ4v) is 4.19. The molecule has 4 heterocycles. The van der Waals surface area contributed by atoms with Gasteiger partial charge in [0, 0.05) is 48.7 Å². The van der Waals surface area contributed by atoms with E-state index in [9.17, 15) is 10.2 Å². The molecular weight excluding hydrogens is 418 g/mol. The molecule has 1 aliphatic heterocycles. The van der Waals surface area contributed by atoms with Crippen molar-refractivity contribution in [3.63, 3.8) is 0 Å². The summed E-state index contributed by atoms with van der Waals surface area (Å²) in [5.41, 5.74) is 5.89. The van der Waals surface area contributed by atoms with Gasteiger partial charge in [0.2, 0.25) is 0 Å². The van der Waals surface area contributed by atoms with Crippen LogP contribution in [0.4, 0.5) is 11.5 Å². The first-order valence-electron chi connectivity index (χ1n) is 10.6. The van der Waals surface area contributed by atoms with Crippen LogP contribution in [-0.2, 0) is 13.1 Å². The fourth-order valence-electron chi connectivity index (χ4n) is 4.19. The van der Waals surface area contributed by atoms with Crippen molar-refractivity contribution in [3.05, 3.63) is 89.9 Å². The van der Waals surface area contributed by atoms with Crippen molar-refractivity contribution in [2.24, 2.45) is 0 Å². The van der Waals surface area contributed by atoms with Crippen molar-refractivity contribution >= 4 is 17.2 Å². The van der Waals surface area contributed by atoms with E-state index < -0.39 is 6.23 Å². The number of aliphatic hydroxyl groups is 1. The standard InChI is InChI=1S/C24H21N7O2/c32-19-7-3-6-18(8-19)27-24(33)20-9-23-28-22(30-13-15-4-1-2-5-16(15)14-30)10-21(31(23)29-20)17-11-25-26-12-17/h1-12,24,27,32-33H,13-14H2,(H,25,26). The fraction of sp³-hybridized carbons (Fsp3) is 0.125. The number of aliphatic hydroxyl groups excluding tert-OH is 1. The summed E-state index contributed by atoms with van der Waals surface area (Å²) < 4.78 is 1.71. The van der Waals surface area contributed by atoms with E-state index in [-0.39, 0.29) is 5.75 Å². The number of nitrogens with zero attached hydrogens (tertiary/aromatic N) is 5. The maximum absolute atomic E-state index is 10.8. The molecule has 0 radical (unpaired) electrons. The second kappa shape index (κ2) is 7.64. The Morgan fingerprint density at radius 2 is 1.82 bits per heavy atom. The van der Waals surface area contributed by atoms with Crippen molar-refractivity contribution in [1.29, 1.82) is 0 Å². The van der Waals surface area contributed by atoms with Gasteiger partial charge in [-0.3, -0.25) is 5.10 Å². The molecule has 0 saturated heterocycles. The second-order valence-corrected chi connectivity index (χ2v) is 8.05. The van der Waals surface area contributed by atoms with E-state index in [2.05, 4.69) is 49.8 Å². The van der Waals surface area contributed by atoms with E-state index in [1.54, 1.807) is 41.2 Å². The van der Waals surface area contributed by atoms with Crippen LogP contribution >= 0.6 is 0 Å². The molecule has 4 N–H and O–H groups in total. The number of fused-ring (bicyclic) bond motifs is 2. The van der Waals surface area contributed by atoms with E-state index in [0.29, 0.717) is 17.0 Å². The largest absolute Gasteiger partial charge is 0.508 e. The summed E-state index contributed by atoms with van der Waals surface area (Å²) in [4.78, 5) is 7.08. The molecule has 1 unspecified atom stereocenters. The van der Waals surface area contributed by atoms with Crippen LogP contribution in [0.1, 0.15) is 23.0 Å². The average Bonchev–Trinajstić information content (AvgIpc) is 3.57. The van der Waals surface area contributed by atoms with Gasteiger partial charge in [-0.2, -0.15) is 10.2 Å². The topological polar surface area (TPSA) is 115 Å². The molecule has 0 aliphatic carbocycles. The smallest absolute Gasteiger partial charge is 0.170 e. The van der Waals surface area contributed by atoms with Crippen molar-refractivity contribution in [1.82, 2.24) is 24.8 Å². The first-order valence-corrected chi connectivity index (χ1v) is 10.6. The van der Waals surface area contributed by atoms with Crippen molar-refractivity contribution in [3.8, 4) is 17.0 Å². The number of rotatable bonds is 5. The van der Waals surface area contributed by atoms with E-state index >= 15 is 0 Å². The van der Waals surface area contributed by atoms with E-state index in [0.717, 1.165) is 30.2 Å².